The number of hydrogen-bond donors (Lipinski definition) is 1. The van der Waals surface area contributed by atoms with Gasteiger partial charge in [-0.15, -0.1) is 0 Å². The van der Waals surface area contributed by atoms with Crippen molar-refractivity contribution in [1.82, 2.24) is 9.47 Å². The van der Waals surface area contributed by atoms with Crippen LogP contribution in [0.25, 0.3) is 0 Å². The van der Waals surface area contributed by atoms with Crippen LogP contribution in [0.2, 0.25) is 0 Å². The molecule has 1 aliphatic heterocycles. The Kier molecular flexibility index (Phi) is 4.06. The number of hydrogen-bond acceptors (Lipinski definition) is 2. The molecule has 21 heavy (non-hydrogen) atoms. The summed E-state index contributed by atoms with van der Waals surface area (Å²) in [6, 6.07) is 14.1. The fourth-order valence-electron chi connectivity index (χ4n) is 2.88. The van der Waals surface area contributed by atoms with E-state index in [1.54, 1.807) is 0 Å². The van der Waals surface area contributed by atoms with Gasteiger partial charge in [0.25, 0.3) is 5.91 Å². The van der Waals surface area contributed by atoms with Gasteiger partial charge in [-0.25, -0.2) is 0 Å². The molecule has 4 heteroatoms. The highest BCUT2D eigenvalue weighted by molar-refractivity contribution is 5.93. The predicted octanol–water partition coefficient (Wildman–Crippen LogP) is 2.10. The van der Waals surface area contributed by atoms with Crippen molar-refractivity contribution in [1.29, 1.82) is 0 Å². The molecule has 2 aromatic rings. The number of amides is 1. The second-order valence-corrected chi connectivity index (χ2v) is 5.66. The van der Waals surface area contributed by atoms with Crippen LogP contribution < -0.4 is 5.73 Å². The van der Waals surface area contributed by atoms with Gasteiger partial charge in [0.2, 0.25) is 0 Å². The average molecular weight is 283 g/mol. The first-order valence-corrected chi connectivity index (χ1v) is 7.48. The van der Waals surface area contributed by atoms with E-state index in [4.69, 9.17) is 5.73 Å². The van der Waals surface area contributed by atoms with Crippen LogP contribution in [-0.4, -0.2) is 34.5 Å². The lowest BCUT2D eigenvalue weighted by atomic mass is 10.1. The third-order valence-electron chi connectivity index (χ3n) is 3.99. The Labute approximate surface area is 125 Å². The van der Waals surface area contributed by atoms with Gasteiger partial charge in [0.1, 0.15) is 5.69 Å². The first-order valence-electron chi connectivity index (χ1n) is 7.48. The summed E-state index contributed by atoms with van der Waals surface area (Å²) in [6.07, 6.45) is 3.96. The molecule has 1 aromatic heterocycles. The molecule has 110 valence electrons. The SMILES string of the molecule is N[C@@H]1CCCN(C(=O)c2cccn2Cc2ccccc2)C1. The van der Waals surface area contributed by atoms with E-state index >= 15 is 0 Å². The van der Waals surface area contributed by atoms with Crippen LogP contribution >= 0.6 is 0 Å². The maximum Gasteiger partial charge on any atom is 0.270 e. The highest BCUT2D eigenvalue weighted by atomic mass is 16.2. The summed E-state index contributed by atoms with van der Waals surface area (Å²) in [5.74, 6) is 0.0890. The summed E-state index contributed by atoms with van der Waals surface area (Å²) in [5.41, 5.74) is 7.91. The standard InChI is InChI=1S/C17H21N3O/c18-15-8-4-11-20(13-15)17(21)16-9-5-10-19(16)12-14-6-2-1-3-7-14/h1-3,5-7,9-10,15H,4,8,11-13,18H2/t15-/m1/s1. The zero-order valence-electron chi connectivity index (χ0n) is 12.1. The number of rotatable bonds is 3. The Morgan fingerprint density at radius 1 is 1.19 bits per heavy atom. The Morgan fingerprint density at radius 2 is 2.00 bits per heavy atom. The molecule has 4 nitrogen and oxygen atoms in total. The number of nitrogens with zero attached hydrogens (tertiary/aromatic N) is 2. The quantitative estimate of drug-likeness (QED) is 0.938. The fraction of sp³-hybridized carbons (Fsp3) is 0.353. The number of likely N-dealkylation sites (tertiary alicyclic amines) is 1. The topological polar surface area (TPSA) is 51.3 Å². The molecular formula is C17H21N3O. The van der Waals surface area contributed by atoms with Gasteiger partial charge in [-0.2, -0.15) is 0 Å². The molecule has 1 fully saturated rings. The van der Waals surface area contributed by atoms with Gasteiger partial charge in [-0.3, -0.25) is 4.79 Å². The Balaban J connectivity index is 1.77. The summed E-state index contributed by atoms with van der Waals surface area (Å²) in [5, 5.41) is 0. The number of carbonyl (C=O) groups excluding carboxylic acids is 1. The molecule has 1 aliphatic rings. The average Bonchev–Trinajstić information content (AvgIpc) is 2.95. The van der Waals surface area contributed by atoms with Crippen LogP contribution in [0.4, 0.5) is 0 Å². The Hall–Kier alpha value is -2.07. The number of piperidine rings is 1. The Bertz CT molecular complexity index is 606. The van der Waals surface area contributed by atoms with Crippen molar-refractivity contribution in [3.05, 3.63) is 59.9 Å². The third kappa shape index (κ3) is 3.16. The second-order valence-electron chi connectivity index (χ2n) is 5.66. The van der Waals surface area contributed by atoms with Gasteiger partial charge < -0.3 is 15.2 Å². The highest BCUT2D eigenvalue weighted by Crippen LogP contribution is 2.14. The summed E-state index contributed by atoms with van der Waals surface area (Å²) in [7, 11) is 0. The summed E-state index contributed by atoms with van der Waals surface area (Å²) in [6.45, 7) is 2.19. The second kappa shape index (κ2) is 6.14. The van der Waals surface area contributed by atoms with Gasteiger partial charge in [-0.05, 0) is 30.5 Å². The molecule has 0 bridgehead atoms. The largest absolute Gasteiger partial charge is 0.339 e. The van der Waals surface area contributed by atoms with Gasteiger partial charge in [-0.1, -0.05) is 30.3 Å². The van der Waals surface area contributed by atoms with Gasteiger partial charge in [0.05, 0.1) is 0 Å². The van der Waals surface area contributed by atoms with E-state index < -0.39 is 0 Å². The van der Waals surface area contributed by atoms with E-state index in [0.717, 1.165) is 31.6 Å². The van der Waals surface area contributed by atoms with E-state index in [1.807, 2.05) is 46.0 Å². The number of aromatic nitrogens is 1. The minimum Gasteiger partial charge on any atom is -0.339 e. The smallest absolute Gasteiger partial charge is 0.270 e. The van der Waals surface area contributed by atoms with Gasteiger partial charge in [0.15, 0.2) is 0 Å². The first kappa shape index (κ1) is 13.9. The summed E-state index contributed by atoms with van der Waals surface area (Å²) < 4.78 is 2.01. The normalized spacial score (nSPS) is 18.7. The molecule has 2 N–H and O–H groups in total. The van der Waals surface area contributed by atoms with E-state index in [-0.39, 0.29) is 11.9 Å². The van der Waals surface area contributed by atoms with Crippen LogP contribution in [0.5, 0.6) is 0 Å². The minimum absolute atomic E-state index is 0.0890. The number of benzene rings is 1. The molecule has 0 spiro atoms. The zero-order chi connectivity index (χ0) is 14.7. The van der Waals surface area contributed by atoms with Crippen molar-refractivity contribution < 1.29 is 4.79 Å². The van der Waals surface area contributed by atoms with Crippen molar-refractivity contribution in [2.75, 3.05) is 13.1 Å². The van der Waals surface area contributed by atoms with Gasteiger partial charge >= 0.3 is 0 Å². The van der Waals surface area contributed by atoms with Crippen molar-refractivity contribution >= 4 is 5.91 Å². The van der Waals surface area contributed by atoms with Crippen LogP contribution in [0, 0.1) is 0 Å². The molecule has 2 heterocycles. The fourth-order valence-corrected chi connectivity index (χ4v) is 2.88. The van der Waals surface area contributed by atoms with Crippen molar-refractivity contribution in [2.45, 2.75) is 25.4 Å². The van der Waals surface area contributed by atoms with E-state index in [1.165, 1.54) is 5.56 Å². The third-order valence-corrected chi connectivity index (χ3v) is 3.99. The first-order chi connectivity index (χ1) is 10.2. The summed E-state index contributed by atoms with van der Waals surface area (Å²) >= 11 is 0. The van der Waals surface area contributed by atoms with Crippen LogP contribution in [0.3, 0.4) is 0 Å². The molecule has 0 unspecified atom stereocenters. The number of carbonyl (C=O) groups is 1. The summed E-state index contributed by atoms with van der Waals surface area (Å²) in [4.78, 5) is 14.5. The monoisotopic (exact) mass is 283 g/mol. The van der Waals surface area contributed by atoms with E-state index in [2.05, 4.69) is 12.1 Å². The lowest BCUT2D eigenvalue weighted by Crippen LogP contribution is -2.46. The molecule has 1 amide bonds. The van der Waals surface area contributed by atoms with E-state index in [0.29, 0.717) is 6.54 Å². The van der Waals surface area contributed by atoms with Crippen molar-refractivity contribution in [3.8, 4) is 0 Å². The lowest BCUT2D eigenvalue weighted by molar-refractivity contribution is 0.0698. The molecule has 1 aromatic carbocycles. The molecule has 1 saturated heterocycles. The maximum atomic E-state index is 12.7. The molecule has 0 aliphatic carbocycles. The maximum absolute atomic E-state index is 12.7. The Morgan fingerprint density at radius 3 is 2.76 bits per heavy atom. The van der Waals surface area contributed by atoms with Gasteiger partial charge in [0, 0.05) is 31.9 Å². The van der Waals surface area contributed by atoms with Crippen molar-refractivity contribution in [3.63, 3.8) is 0 Å². The molecule has 3 rings (SSSR count). The predicted molar refractivity (Wildman–Crippen MR) is 83.1 cm³/mol. The van der Waals surface area contributed by atoms with Crippen LogP contribution in [-0.2, 0) is 6.54 Å². The molecule has 0 radical (unpaired) electrons. The molecule has 0 saturated carbocycles. The lowest BCUT2D eigenvalue weighted by Gasteiger charge is -2.31. The van der Waals surface area contributed by atoms with E-state index in [9.17, 15) is 4.79 Å². The van der Waals surface area contributed by atoms with Crippen LogP contribution in [0.15, 0.2) is 48.7 Å². The minimum atomic E-state index is 0.0890. The van der Waals surface area contributed by atoms with Crippen LogP contribution in [0.1, 0.15) is 28.9 Å². The van der Waals surface area contributed by atoms with Crippen molar-refractivity contribution in [2.24, 2.45) is 5.73 Å². The number of nitrogens with two attached hydrogens (primary N) is 1. The molecular weight excluding hydrogens is 262 g/mol. The zero-order valence-corrected chi connectivity index (χ0v) is 12.1. The molecule has 1 atom stereocenters. The highest BCUT2D eigenvalue weighted by Gasteiger charge is 2.24.